The van der Waals surface area contributed by atoms with E-state index in [0.29, 0.717) is 0 Å². The van der Waals surface area contributed by atoms with Crippen molar-refractivity contribution < 1.29 is 23.9 Å². The summed E-state index contributed by atoms with van der Waals surface area (Å²) in [6.45, 7) is 5.67. The number of hydrogen-bond acceptors (Lipinski definition) is 7. The molecule has 0 heterocycles. The van der Waals surface area contributed by atoms with Gasteiger partial charge in [0, 0.05) is 5.57 Å². The fourth-order valence-corrected chi connectivity index (χ4v) is 0.764. The number of ketones is 1. The van der Waals surface area contributed by atoms with Crippen LogP contribution >= 0.6 is 0 Å². The van der Waals surface area contributed by atoms with E-state index in [1.165, 1.54) is 13.8 Å². The zero-order valence-electron chi connectivity index (χ0n) is 9.69. The third kappa shape index (κ3) is 6.93. The van der Waals surface area contributed by atoms with E-state index in [1.807, 2.05) is 0 Å². The summed E-state index contributed by atoms with van der Waals surface area (Å²) in [6, 6.07) is 0. The third-order valence-corrected chi connectivity index (χ3v) is 1.51. The smallest absolute Gasteiger partial charge is 0.333 e. The molecule has 0 aliphatic heterocycles. The van der Waals surface area contributed by atoms with Crippen LogP contribution in [0.2, 0.25) is 0 Å². The predicted molar refractivity (Wildman–Crippen MR) is 56.1 cm³/mol. The molecule has 0 aromatic heterocycles. The highest BCUT2D eigenvalue weighted by atomic mass is 16.6. The molecule has 0 aromatic carbocycles. The first kappa shape index (κ1) is 14.9. The van der Waals surface area contributed by atoms with Crippen molar-refractivity contribution in [3.05, 3.63) is 12.2 Å². The molecule has 0 rings (SSSR count). The lowest BCUT2D eigenvalue weighted by atomic mass is 10.3. The Hall–Kier alpha value is -2.05. The van der Waals surface area contributed by atoms with Crippen LogP contribution in [0.3, 0.4) is 0 Å². The molecule has 1 N–H and O–H groups in total. The Morgan fingerprint density at radius 3 is 2.35 bits per heavy atom. The van der Waals surface area contributed by atoms with Gasteiger partial charge in [0.1, 0.15) is 12.2 Å². The molecular formula is C10H14N2O5. The topological polar surface area (TPSA) is 106 Å². The standard InChI is InChI=1S/C10H14N2O5/c1-6(2)10(15)16-5-8(12-11)17-9(14)4-7(3)13/h8,11H,1,4-5H2,2-3H3. The molecule has 0 fully saturated rings. The van der Waals surface area contributed by atoms with Gasteiger partial charge in [0.2, 0.25) is 6.23 Å². The summed E-state index contributed by atoms with van der Waals surface area (Å²) in [4.78, 5) is 32.7. The molecule has 0 spiro atoms. The fraction of sp³-hybridized carbons (Fsp3) is 0.500. The largest absolute Gasteiger partial charge is 0.456 e. The normalized spacial score (nSPS) is 11.2. The third-order valence-electron chi connectivity index (χ3n) is 1.51. The molecule has 7 heteroatoms. The predicted octanol–water partition coefficient (Wildman–Crippen LogP) is 0.985. The average molecular weight is 242 g/mol. The van der Waals surface area contributed by atoms with Gasteiger partial charge in [0.15, 0.2) is 6.61 Å². The average Bonchev–Trinajstić information content (AvgIpc) is 2.22. The van der Waals surface area contributed by atoms with Gasteiger partial charge in [-0.05, 0) is 13.8 Å². The monoisotopic (exact) mass is 242 g/mol. The first-order chi connectivity index (χ1) is 7.86. The Balaban J connectivity index is 4.12. The maximum atomic E-state index is 11.1. The lowest BCUT2D eigenvalue weighted by Gasteiger charge is -2.12. The number of carbonyl (C=O) groups is 3. The summed E-state index contributed by atoms with van der Waals surface area (Å²) in [5.41, 5.74) is 6.92. The van der Waals surface area contributed by atoms with Crippen LogP contribution in [0.25, 0.3) is 0 Å². The van der Waals surface area contributed by atoms with Gasteiger partial charge in [-0.1, -0.05) is 6.58 Å². The molecule has 0 bridgehead atoms. The number of esters is 2. The first-order valence-corrected chi connectivity index (χ1v) is 4.75. The Labute approximate surface area is 98.3 Å². The Bertz CT molecular complexity index is 351. The van der Waals surface area contributed by atoms with E-state index in [4.69, 9.17) is 5.53 Å². The van der Waals surface area contributed by atoms with Gasteiger partial charge in [-0.15, -0.1) is 5.11 Å². The van der Waals surface area contributed by atoms with Crippen molar-refractivity contribution in [2.24, 2.45) is 5.11 Å². The summed E-state index contributed by atoms with van der Waals surface area (Å²) in [5, 5.41) is 2.96. The highest BCUT2D eigenvalue weighted by Crippen LogP contribution is 2.01. The maximum Gasteiger partial charge on any atom is 0.333 e. The number of ether oxygens (including phenoxy) is 2. The highest BCUT2D eigenvalue weighted by molar-refractivity contribution is 5.94. The molecule has 0 saturated heterocycles. The van der Waals surface area contributed by atoms with E-state index in [1.54, 1.807) is 0 Å². The molecule has 1 unspecified atom stereocenters. The summed E-state index contributed by atoms with van der Waals surface area (Å²) in [7, 11) is 0. The number of rotatable bonds is 7. The number of nitrogens with one attached hydrogen (secondary N) is 1. The van der Waals surface area contributed by atoms with Gasteiger partial charge in [-0.25, -0.2) is 10.3 Å². The molecule has 0 aliphatic carbocycles. The molecule has 0 radical (unpaired) electrons. The first-order valence-electron chi connectivity index (χ1n) is 4.75. The lowest BCUT2D eigenvalue weighted by Crippen LogP contribution is -2.24. The van der Waals surface area contributed by atoms with Gasteiger partial charge >= 0.3 is 11.9 Å². The van der Waals surface area contributed by atoms with E-state index in [2.05, 4.69) is 21.2 Å². The zero-order valence-corrected chi connectivity index (χ0v) is 9.69. The molecule has 0 aliphatic rings. The van der Waals surface area contributed by atoms with Crippen LogP contribution < -0.4 is 0 Å². The van der Waals surface area contributed by atoms with Crippen LogP contribution in [0.1, 0.15) is 20.3 Å². The van der Waals surface area contributed by atoms with E-state index in [0.717, 1.165) is 0 Å². The Morgan fingerprint density at radius 1 is 1.35 bits per heavy atom. The Morgan fingerprint density at radius 2 is 1.94 bits per heavy atom. The molecule has 0 aromatic rings. The fourth-order valence-electron chi connectivity index (χ4n) is 0.764. The Kier molecular flexibility index (Phi) is 6.39. The van der Waals surface area contributed by atoms with Crippen molar-refractivity contribution in [3.8, 4) is 0 Å². The second-order valence-electron chi connectivity index (χ2n) is 3.33. The number of carbonyl (C=O) groups excluding carboxylic acids is 3. The minimum absolute atomic E-state index is 0.184. The van der Waals surface area contributed by atoms with Crippen molar-refractivity contribution in [2.75, 3.05) is 6.61 Å². The van der Waals surface area contributed by atoms with Gasteiger partial charge in [0.25, 0.3) is 0 Å². The van der Waals surface area contributed by atoms with Gasteiger partial charge in [-0.3, -0.25) is 9.59 Å². The van der Waals surface area contributed by atoms with E-state index in [-0.39, 0.29) is 18.0 Å². The molecule has 17 heavy (non-hydrogen) atoms. The number of Topliss-reactive ketones (excluding diaryl/α,β-unsaturated/α-hetero) is 1. The van der Waals surface area contributed by atoms with Gasteiger partial charge < -0.3 is 9.47 Å². The molecule has 7 nitrogen and oxygen atoms in total. The molecule has 1 atom stereocenters. The van der Waals surface area contributed by atoms with Crippen molar-refractivity contribution in [1.29, 1.82) is 5.53 Å². The summed E-state index contributed by atoms with van der Waals surface area (Å²) in [6.07, 6.45) is -1.63. The van der Waals surface area contributed by atoms with Crippen molar-refractivity contribution >= 4 is 17.7 Å². The zero-order chi connectivity index (χ0) is 13.4. The van der Waals surface area contributed by atoms with E-state index < -0.39 is 24.6 Å². The van der Waals surface area contributed by atoms with Crippen LogP contribution in [-0.2, 0) is 23.9 Å². The van der Waals surface area contributed by atoms with E-state index >= 15 is 0 Å². The SMILES string of the molecule is C=C(C)C(=O)OCC(N=N)OC(=O)CC(C)=O. The van der Waals surface area contributed by atoms with Crippen LogP contribution in [0.15, 0.2) is 17.3 Å². The molecule has 0 amide bonds. The van der Waals surface area contributed by atoms with E-state index in [9.17, 15) is 14.4 Å². The quantitative estimate of drug-likeness (QED) is 0.310. The minimum Gasteiger partial charge on any atom is -0.456 e. The van der Waals surface area contributed by atoms with Gasteiger partial charge in [0.05, 0.1) is 0 Å². The summed E-state index contributed by atoms with van der Waals surface area (Å²) >= 11 is 0. The van der Waals surface area contributed by atoms with Crippen molar-refractivity contribution in [1.82, 2.24) is 0 Å². The molecule has 0 saturated carbocycles. The lowest BCUT2D eigenvalue weighted by molar-refractivity contribution is -0.158. The summed E-state index contributed by atoms with van der Waals surface area (Å²) in [5.74, 6) is -1.84. The second kappa shape index (κ2) is 7.26. The maximum absolute atomic E-state index is 11.1. The molecule has 94 valence electrons. The summed E-state index contributed by atoms with van der Waals surface area (Å²) < 4.78 is 9.27. The van der Waals surface area contributed by atoms with Crippen LogP contribution in [0.5, 0.6) is 0 Å². The highest BCUT2D eigenvalue weighted by Gasteiger charge is 2.17. The van der Waals surface area contributed by atoms with Gasteiger partial charge in [-0.2, -0.15) is 0 Å². The van der Waals surface area contributed by atoms with Crippen LogP contribution in [0.4, 0.5) is 0 Å². The van der Waals surface area contributed by atoms with Crippen LogP contribution in [0, 0.1) is 5.53 Å². The second-order valence-corrected chi connectivity index (χ2v) is 3.33. The minimum atomic E-state index is -1.23. The number of nitrogens with zero attached hydrogens (tertiary/aromatic N) is 1. The number of hydrogen-bond donors (Lipinski definition) is 1. The van der Waals surface area contributed by atoms with Crippen molar-refractivity contribution in [3.63, 3.8) is 0 Å². The van der Waals surface area contributed by atoms with Crippen LogP contribution in [-0.4, -0.2) is 30.6 Å². The molecular weight excluding hydrogens is 228 g/mol. The van der Waals surface area contributed by atoms with Crippen molar-refractivity contribution in [2.45, 2.75) is 26.5 Å².